The van der Waals surface area contributed by atoms with Crippen LogP contribution < -0.4 is 15.2 Å². The van der Waals surface area contributed by atoms with Crippen molar-refractivity contribution in [2.24, 2.45) is 0 Å². The molecule has 0 N–H and O–H groups in total. The Morgan fingerprint density at radius 1 is 0.667 bits per heavy atom. The second-order valence-electron chi connectivity index (χ2n) is 7.97. The van der Waals surface area contributed by atoms with Gasteiger partial charge in [-0.3, -0.25) is 0 Å². The number of fused-ring (bicyclic) bond motifs is 6. The molecular formula is C26H6F6N4O3. The molecule has 2 aromatic heterocycles. The van der Waals surface area contributed by atoms with Crippen LogP contribution >= 0.6 is 0 Å². The summed E-state index contributed by atoms with van der Waals surface area (Å²) in [5, 5.41) is 38.1. The van der Waals surface area contributed by atoms with Gasteiger partial charge in [-0.1, -0.05) is 0 Å². The minimum atomic E-state index is -5.03. The van der Waals surface area contributed by atoms with E-state index in [1.165, 1.54) is 0 Å². The predicted octanol–water partition coefficient (Wildman–Crippen LogP) is 5.80. The molecule has 0 saturated carbocycles. The average Bonchev–Trinajstić information content (AvgIpc) is 3.42. The van der Waals surface area contributed by atoms with Crippen LogP contribution in [0.1, 0.15) is 5.56 Å². The predicted molar refractivity (Wildman–Crippen MR) is 121 cm³/mol. The summed E-state index contributed by atoms with van der Waals surface area (Å²) in [5.74, 6) is -0.666. The van der Waals surface area contributed by atoms with Crippen LogP contribution in [0.3, 0.4) is 0 Å². The summed E-state index contributed by atoms with van der Waals surface area (Å²) in [4.78, 5) is 0. The van der Waals surface area contributed by atoms with Gasteiger partial charge in [0.1, 0.15) is 63.5 Å². The Labute approximate surface area is 211 Å². The Morgan fingerprint density at radius 3 is 1.56 bits per heavy atom. The largest absolute Gasteiger partial charge is 0.573 e. The third-order valence-corrected chi connectivity index (χ3v) is 5.81. The van der Waals surface area contributed by atoms with Crippen molar-refractivity contribution >= 4 is 55.0 Å². The Kier molecular flexibility index (Phi) is 5.41. The molecule has 3 aromatic carbocycles. The van der Waals surface area contributed by atoms with Gasteiger partial charge in [-0.25, -0.2) is 0 Å². The molecule has 0 radical (unpaired) electrons. The lowest BCUT2D eigenvalue weighted by Gasteiger charge is -2.07. The molecule has 0 saturated heterocycles. The molecule has 5 aromatic rings. The lowest BCUT2D eigenvalue weighted by molar-refractivity contribution is -0.274. The summed E-state index contributed by atoms with van der Waals surface area (Å²) in [6.07, 6.45) is -9.78. The molecule has 0 amide bonds. The molecule has 0 aliphatic heterocycles. The molecule has 13 heteroatoms. The Balaban J connectivity index is 2.13. The summed E-state index contributed by atoms with van der Waals surface area (Å²) < 4.78 is 93.9. The van der Waals surface area contributed by atoms with Crippen LogP contribution in [0.2, 0.25) is 0 Å². The first-order valence-electron chi connectivity index (χ1n) is 10.5. The number of rotatable bonds is 1. The molecule has 0 spiro atoms. The number of hydrogen-bond donors (Lipinski definition) is 0. The Hall–Kier alpha value is -5.66. The van der Waals surface area contributed by atoms with Gasteiger partial charge in [-0.05, 0) is 30.3 Å². The van der Waals surface area contributed by atoms with E-state index in [0.717, 1.165) is 30.3 Å². The third kappa shape index (κ3) is 3.90. The van der Waals surface area contributed by atoms with Gasteiger partial charge in [0.15, 0.2) is 0 Å². The fraction of sp³-hybridized carbons (Fsp3) is 0.0769. The Bertz CT molecular complexity index is 2110. The second kappa shape index (κ2) is 8.44. The summed E-state index contributed by atoms with van der Waals surface area (Å²) in [6.45, 7) is 0. The standard InChI is InChI=1S/C26H6F6N4O3/c27-25(28,29)13-1-3-15-17(5-13)37-23-20(12(9-35)10-36)22-16-4-2-14(39-26(30,31)32)6-18(16)38-24(22)19(21(15)23)11(7-33)8-34/h1-6H. The quantitative estimate of drug-likeness (QED) is 0.248. The van der Waals surface area contributed by atoms with Gasteiger partial charge in [0.25, 0.3) is 0 Å². The monoisotopic (exact) mass is 536 g/mol. The summed E-state index contributed by atoms with van der Waals surface area (Å²) in [7, 11) is 0. The lowest BCUT2D eigenvalue weighted by Crippen LogP contribution is -2.17. The fourth-order valence-electron chi connectivity index (χ4n) is 4.37. The molecule has 0 unspecified atom stereocenters. The van der Waals surface area contributed by atoms with Crippen molar-refractivity contribution in [1.82, 2.24) is 0 Å². The van der Waals surface area contributed by atoms with Crippen LogP contribution in [0.15, 0.2) is 45.2 Å². The van der Waals surface area contributed by atoms with Crippen molar-refractivity contribution in [3.8, 4) is 30.0 Å². The minimum absolute atomic E-state index is 0.00377. The zero-order chi connectivity index (χ0) is 28.3. The molecule has 5 rings (SSSR count). The Morgan fingerprint density at radius 2 is 1.13 bits per heavy atom. The van der Waals surface area contributed by atoms with Crippen LogP contribution in [0, 0.1) is 45.3 Å². The number of hydrogen-bond acceptors (Lipinski definition) is 7. The molecule has 0 aliphatic rings. The van der Waals surface area contributed by atoms with Gasteiger partial charge >= 0.3 is 12.5 Å². The zero-order valence-electron chi connectivity index (χ0n) is 18.7. The van der Waals surface area contributed by atoms with Crippen LogP contribution in [0.4, 0.5) is 26.3 Å². The third-order valence-electron chi connectivity index (χ3n) is 5.81. The van der Waals surface area contributed by atoms with E-state index >= 15 is 0 Å². The summed E-state index contributed by atoms with van der Waals surface area (Å²) in [6, 6.07) is 12.1. The van der Waals surface area contributed by atoms with Crippen molar-refractivity contribution in [2.75, 3.05) is 0 Å². The molecular weight excluding hydrogens is 530 g/mol. The van der Waals surface area contributed by atoms with E-state index in [2.05, 4.69) is 4.74 Å². The number of nitrogens with zero attached hydrogens (tertiary/aromatic N) is 4. The van der Waals surface area contributed by atoms with Crippen LogP contribution in [0.25, 0.3) is 55.0 Å². The minimum Gasteiger partial charge on any atom is -0.455 e. The molecule has 190 valence electrons. The maximum atomic E-state index is 13.4. The molecule has 2 heterocycles. The summed E-state index contributed by atoms with van der Waals surface area (Å²) in [5.41, 5.74) is -3.34. The zero-order valence-corrected chi connectivity index (χ0v) is 18.7. The molecule has 0 fully saturated rings. The first-order chi connectivity index (χ1) is 18.4. The van der Waals surface area contributed by atoms with E-state index in [-0.39, 0.29) is 54.3 Å². The van der Waals surface area contributed by atoms with Crippen molar-refractivity contribution in [3.63, 3.8) is 0 Å². The van der Waals surface area contributed by atoms with Crippen molar-refractivity contribution in [2.45, 2.75) is 12.5 Å². The first kappa shape index (κ1) is 25.0. The van der Waals surface area contributed by atoms with Crippen molar-refractivity contribution in [1.29, 1.82) is 21.0 Å². The number of benzene rings is 3. The topological polar surface area (TPSA) is 131 Å². The van der Waals surface area contributed by atoms with E-state index in [0.29, 0.717) is 6.07 Å². The van der Waals surface area contributed by atoms with Gasteiger partial charge in [0, 0.05) is 27.6 Å². The molecule has 0 bridgehead atoms. The highest BCUT2D eigenvalue weighted by molar-refractivity contribution is 6.18. The highest BCUT2D eigenvalue weighted by Crippen LogP contribution is 2.37. The second-order valence-corrected chi connectivity index (χ2v) is 7.97. The number of alkyl halides is 6. The summed E-state index contributed by atoms with van der Waals surface area (Å²) >= 11 is 0. The maximum Gasteiger partial charge on any atom is 0.573 e. The van der Waals surface area contributed by atoms with E-state index in [1.807, 2.05) is 0 Å². The van der Waals surface area contributed by atoms with Gasteiger partial charge in [-0.2, -0.15) is 34.2 Å². The highest BCUT2D eigenvalue weighted by atomic mass is 19.4. The van der Waals surface area contributed by atoms with E-state index in [4.69, 9.17) is 8.83 Å². The normalized spacial score (nSPS) is 11.7. The molecule has 7 nitrogen and oxygen atoms in total. The lowest BCUT2D eigenvalue weighted by atomic mass is 9.98. The van der Waals surface area contributed by atoms with E-state index in [1.54, 1.807) is 24.3 Å². The van der Waals surface area contributed by atoms with E-state index < -0.39 is 35.0 Å². The molecule has 0 atom stereocenters. The molecule has 0 aliphatic carbocycles. The van der Waals surface area contributed by atoms with Gasteiger partial charge < -0.3 is 13.6 Å². The number of ether oxygens (including phenoxy) is 1. The smallest absolute Gasteiger partial charge is 0.455 e. The SMILES string of the molecule is N#CC(C#N)=c1c2oc3cc(C(F)(F)F)ccc3c2c(=C(C#N)C#N)c2oc3cc(OC(F)(F)F)ccc3c12. The average molecular weight is 536 g/mol. The highest BCUT2D eigenvalue weighted by Gasteiger charge is 2.33. The number of nitriles is 4. The van der Waals surface area contributed by atoms with Crippen molar-refractivity contribution < 1.29 is 39.9 Å². The first-order valence-corrected chi connectivity index (χ1v) is 10.5. The van der Waals surface area contributed by atoms with Gasteiger partial charge in [0.2, 0.25) is 0 Å². The van der Waals surface area contributed by atoms with Crippen LogP contribution in [-0.4, -0.2) is 6.36 Å². The number of furan rings is 2. The number of halogens is 6. The van der Waals surface area contributed by atoms with Crippen LogP contribution in [-0.2, 0) is 6.18 Å². The fourth-order valence-corrected chi connectivity index (χ4v) is 4.37. The van der Waals surface area contributed by atoms with Gasteiger partial charge in [-0.15, -0.1) is 13.2 Å². The maximum absolute atomic E-state index is 13.4. The van der Waals surface area contributed by atoms with Crippen LogP contribution in [0.5, 0.6) is 5.75 Å². The van der Waals surface area contributed by atoms with E-state index in [9.17, 15) is 47.4 Å². The van der Waals surface area contributed by atoms with Crippen molar-refractivity contribution in [3.05, 3.63) is 52.4 Å². The molecule has 39 heavy (non-hydrogen) atoms. The van der Waals surface area contributed by atoms with Gasteiger partial charge in [0.05, 0.1) is 16.0 Å².